The molecule has 0 fully saturated rings. The summed E-state index contributed by atoms with van der Waals surface area (Å²) in [5, 5.41) is 18.9. The summed E-state index contributed by atoms with van der Waals surface area (Å²) in [6.45, 7) is 0. The minimum absolute atomic E-state index is 0.155. The maximum atomic E-state index is 8.94. The van der Waals surface area contributed by atoms with Gasteiger partial charge in [0.1, 0.15) is 11.6 Å². The molecule has 0 bridgehead atoms. The summed E-state index contributed by atoms with van der Waals surface area (Å²) in [4.78, 5) is 8.93. The lowest BCUT2D eigenvalue weighted by atomic mass is 10.2. The van der Waals surface area contributed by atoms with E-state index in [-0.39, 0.29) is 11.1 Å². The summed E-state index contributed by atoms with van der Waals surface area (Å²) in [7, 11) is 0. The van der Waals surface area contributed by atoms with Gasteiger partial charge in [-0.2, -0.15) is 5.26 Å². The van der Waals surface area contributed by atoms with Crippen LogP contribution in [0.25, 0.3) is 16.2 Å². The summed E-state index contributed by atoms with van der Waals surface area (Å²) in [6, 6.07) is 5.73. The molecule has 86 valence electrons. The molecule has 3 heterocycles. The van der Waals surface area contributed by atoms with Crippen molar-refractivity contribution in [3.63, 3.8) is 0 Å². The van der Waals surface area contributed by atoms with Crippen molar-refractivity contribution in [1.29, 1.82) is 10.7 Å². The van der Waals surface area contributed by atoms with E-state index in [1.807, 2.05) is 23.6 Å². The van der Waals surface area contributed by atoms with Gasteiger partial charge in [-0.25, -0.2) is 4.98 Å². The number of fused-ring (bicyclic) bond motifs is 1. The van der Waals surface area contributed by atoms with Crippen LogP contribution in [-0.4, -0.2) is 14.4 Å². The summed E-state index contributed by atoms with van der Waals surface area (Å²) in [5.74, 6) is 0. The predicted molar refractivity (Wildman–Crippen MR) is 66.9 cm³/mol. The van der Waals surface area contributed by atoms with Crippen LogP contribution in [0.2, 0.25) is 0 Å². The van der Waals surface area contributed by atoms with Gasteiger partial charge in [0, 0.05) is 23.3 Å². The summed E-state index contributed by atoms with van der Waals surface area (Å²) >= 11 is 1.44. The first kappa shape index (κ1) is 10.6. The van der Waals surface area contributed by atoms with E-state index in [1.165, 1.54) is 17.5 Å². The number of nitrogens with one attached hydrogen (secondary N) is 1. The van der Waals surface area contributed by atoms with Crippen LogP contribution in [0.1, 0.15) is 5.56 Å². The minimum Gasteiger partial charge on any atom is -0.283 e. The molecule has 0 amide bonds. The summed E-state index contributed by atoms with van der Waals surface area (Å²) in [5.41, 5.74) is 2.15. The van der Waals surface area contributed by atoms with Gasteiger partial charge >= 0.3 is 0 Å². The lowest BCUT2D eigenvalue weighted by Crippen LogP contribution is -2.17. The van der Waals surface area contributed by atoms with Crippen molar-refractivity contribution < 1.29 is 0 Å². The number of nitriles is 1. The number of pyridine rings is 1. The zero-order valence-electron chi connectivity index (χ0n) is 9.16. The van der Waals surface area contributed by atoms with Crippen LogP contribution in [0.5, 0.6) is 0 Å². The Morgan fingerprint density at radius 1 is 1.39 bits per heavy atom. The smallest absolute Gasteiger partial charge is 0.195 e. The average molecular weight is 253 g/mol. The van der Waals surface area contributed by atoms with Crippen LogP contribution in [0.4, 0.5) is 0 Å². The third kappa shape index (κ3) is 1.49. The van der Waals surface area contributed by atoms with E-state index in [4.69, 9.17) is 10.7 Å². The van der Waals surface area contributed by atoms with Crippen molar-refractivity contribution >= 4 is 16.3 Å². The number of nitrogens with zero attached hydrogens (tertiary/aromatic N) is 4. The molecule has 6 heteroatoms. The van der Waals surface area contributed by atoms with Crippen molar-refractivity contribution in [3.8, 4) is 17.3 Å². The van der Waals surface area contributed by atoms with Crippen molar-refractivity contribution in [1.82, 2.24) is 14.4 Å². The molecular weight excluding hydrogens is 246 g/mol. The maximum absolute atomic E-state index is 8.94. The minimum atomic E-state index is 0.155. The zero-order chi connectivity index (χ0) is 12.5. The van der Waals surface area contributed by atoms with E-state index >= 15 is 0 Å². The lowest BCUT2D eigenvalue weighted by Gasteiger charge is -2.01. The van der Waals surface area contributed by atoms with E-state index in [0.717, 1.165) is 11.3 Å². The Kier molecular flexibility index (Phi) is 2.39. The van der Waals surface area contributed by atoms with Crippen LogP contribution >= 0.6 is 11.3 Å². The Morgan fingerprint density at radius 3 is 3.00 bits per heavy atom. The molecule has 0 aromatic carbocycles. The van der Waals surface area contributed by atoms with Crippen molar-refractivity contribution in [2.45, 2.75) is 0 Å². The molecule has 18 heavy (non-hydrogen) atoms. The number of thiazole rings is 1. The van der Waals surface area contributed by atoms with Crippen LogP contribution < -0.4 is 5.49 Å². The number of rotatable bonds is 1. The molecule has 0 aliphatic rings. The molecule has 0 saturated heterocycles. The summed E-state index contributed by atoms with van der Waals surface area (Å²) < 4.78 is 1.67. The predicted octanol–water partition coefficient (Wildman–Crippen LogP) is 1.81. The molecule has 3 aromatic heterocycles. The quantitative estimate of drug-likeness (QED) is 0.718. The second-order valence-electron chi connectivity index (χ2n) is 3.61. The molecule has 3 aromatic rings. The van der Waals surface area contributed by atoms with Gasteiger partial charge in [-0.05, 0) is 12.1 Å². The van der Waals surface area contributed by atoms with Gasteiger partial charge in [-0.15, -0.1) is 11.3 Å². The molecule has 0 spiro atoms. The molecule has 1 N–H and O–H groups in total. The molecule has 0 saturated carbocycles. The fourth-order valence-corrected chi connectivity index (χ4v) is 2.58. The number of hydrogen-bond donors (Lipinski definition) is 1. The SMILES string of the molecule is N#Cc1cnc2scc(-c3cccnc3)n2c1=N. The van der Waals surface area contributed by atoms with Crippen LogP contribution in [0.3, 0.4) is 0 Å². The molecule has 0 aliphatic heterocycles. The first-order chi connectivity index (χ1) is 8.81. The van der Waals surface area contributed by atoms with Gasteiger partial charge in [-0.1, -0.05) is 0 Å². The first-order valence-electron chi connectivity index (χ1n) is 5.15. The second-order valence-corrected chi connectivity index (χ2v) is 4.45. The van der Waals surface area contributed by atoms with Gasteiger partial charge in [0.05, 0.1) is 11.9 Å². The second kappa shape index (κ2) is 4.05. The van der Waals surface area contributed by atoms with Crippen LogP contribution in [-0.2, 0) is 0 Å². The number of hydrogen-bond acceptors (Lipinski definition) is 5. The highest BCUT2D eigenvalue weighted by Gasteiger charge is 2.09. The van der Waals surface area contributed by atoms with Gasteiger partial charge in [0.15, 0.2) is 10.4 Å². The molecule has 0 unspecified atom stereocenters. The molecule has 5 nitrogen and oxygen atoms in total. The van der Waals surface area contributed by atoms with E-state index in [2.05, 4.69) is 9.97 Å². The largest absolute Gasteiger partial charge is 0.283 e. The Balaban J connectivity index is 2.40. The fourth-order valence-electron chi connectivity index (χ4n) is 1.72. The van der Waals surface area contributed by atoms with E-state index in [9.17, 15) is 0 Å². The number of aromatic nitrogens is 3. The maximum Gasteiger partial charge on any atom is 0.195 e. The van der Waals surface area contributed by atoms with Crippen molar-refractivity contribution in [2.24, 2.45) is 0 Å². The van der Waals surface area contributed by atoms with Gasteiger partial charge in [0.25, 0.3) is 0 Å². The highest BCUT2D eigenvalue weighted by molar-refractivity contribution is 7.15. The van der Waals surface area contributed by atoms with Gasteiger partial charge in [-0.3, -0.25) is 14.8 Å². The van der Waals surface area contributed by atoms with Crippen molar-refractivity contribution in [2.75, 3.05) is 0 Å². The normalized spacial score (nSPS) is 10.4. The van der Waals surface area contributed by atoms with Crippen molar-refractivity contribution in [3.05, 3.63) is 47.2 Å². The summed E-state index contributed by atoms with van der Waals surface area (Å²) in [6.07, 6.45) is 4.86. The van der Waals surface area contributed by atoms with E-state index in [0.29, 0.717) is 4.96 Å². The standard InChI is InChI=1S/C12H7N5S/c13-4-9-6-16-12-17(11(9)14)10(7-18-12)8-2-1-3-15-5-8/h1-3,5-7,14H. The van der Waals surface area contributed by atoms with E-state index < -0.39 is 0 Å². The highest BCUT2D eigenvalue weighted by atomic mass is 32.1. The molecule has 3 rings (SSSR count). The van der Waals surface area contributed by atoms with Gasteiger partial charge < -0.3 is 0 Å². The molecule has 0 radical (unpaired) electrons. The topological polar surface area (TPSA) is 77.8 Å². The monoisotopic (exact) mass is 253 g/mol. The van der Waals surface area contributed by atoms with E-state index in [1.54, 1.807) is 16.8 Å². The zero-order valence-corrected chi connectivity index (χ0v) is 9.98. The Labute approximate surface area is 106 Å². The Morgan fingerprint density at radius 2 is 2.28 bits per heavy atom. The average Bonchev–Trinajstić information content (AvgIpc) is 2.85. The van der Waals surface area contributed by atoms with Gasteiger partial charge in [0.2, 0.25) is 0 Å². The molecule has 0 aliphatic carbocycles. The molecular formula is C12H7N5S. The molecule has 0 atom stereocenters. The Hall–Kier alpha value is -2.52. The Bertz CT molecular complexity index is 810. The van der Waals surface area contributed by atoms with Crippen LogP contribution in [0.15, 0.2) is 36.1 Å². The van der Waals surface area contributed by atoms with Crippen LogP contribution in [0, 0.1) is 16.7 Å². The first-order valence-corrected chi connectivity index (χ1v) is 6.03. The third-order valence-corrected chi connectivity index (χ3v) is 3.41. The highest BCUT2D eigenvalue weighted by Crippen LogP contribution is 2.22. The third-order valence-electron chi connectivity index (χ3n) is 2.57. The fraction of sp³-hybridized carbons (Fsp3) is 0. The lowest BCUT2D eigenvalue weighted by molar-refractivity contribution is 0.986.